The van der Waals surface area contributed by atoms with Gasteiger partial charge in [0.2, 0.25) is 5.76 Å². The largest absolute Gasteiger partial charge is 0.475 e. The van der Waals surface area contributed by atoms with Crippen molar-refractivity contribution in [1.29, 1.82) is 0 Å². The molecule has 20 heavy (non-hydrogen) atoms. The minimum atomic E-state index is -1.52. The van der Waals surface area contributed by atoms with Gasteiger partial charge in [-0.25, -0.2) is 4.79 Å². The second-order valence-corrected chi connectivity index (χ2v) is 6.27. The number of carboxylic acids is 1. The van der Waals surface area contributed by atoms with E-state index in [4.69, 9.17) is 32.7 Å². The SMILES string of the molecule is Cc1cc(CS(=O)c2c(Cl)cccc2Cl)oc1C(=O)O. The molecule has 0 aliphatic rings. The van der Waals surface area contributed by atoms with Gasteiger partial charge < -0.3 is 9.52 Å². The number of halogens is 2. The van der Waals surface area contributed by atoms with Crippen LogP contribution in [0.15, 0.2) is 33.6 Å². The van der Waals surface area contributed by atoms with Crippen molar-refractivity contribution in [2.75, 3.05) is 0 Å². The summed E-state index contributed by atoms with van der Waals surface area (Å²) in [6, 6.07) is 6.39. The summed E-state index contributed by atoms with van der Waals surface area (Å²) in [5, 5.41) is 9.51. The summed E-state index contributed by atoms with van der Waals surface area (Å²) in [5.41, 5.74) is 0.481. The highest BCUT2D eigenvalue weighted by Crippen LogP contribution is 2.29. The van der Waals surface area contributed by atoms with E-state index in [0.29, 0.717) is 26.3 Å². The maximum absolute atomic E-state index is 12.3. The minimum absolute atomic E-state index is 0.0115. The van der Waals surface area contributed by atoms with Crippen molar-refractivity contribution in [2.24, 2.45) is 0 Å². The molecule has 0 spiro atoms. The summed E-state index contributed by atoms with van der Waals surface area (Å²) in [6.45, 7) is 1.61. The average Bonchev–Trinajstić information content (AvgIpc) is 2.70. The molecule has 0 fully saturated rings. The quantitative estimate of drug-likeness (QED) is 0.921. The predicted octanol–water partition coefficient (Wildman–Crippen LogP) is 3.90. The number of rotatable bonds is 4. The maximum Gasteiger partial charge on any atom is 0.372 e. The Morgan fingerprint density at radius 2 is 1.95 bits per heavy atom. The first-order valence-corrected chi connectivity index (χ1v) is 7.62. The molecule has 7 heteroatoms. The molecule has 1 heterocycles. The first-order chi connectivity index (χ1) is 9.40. The summed E-state index contributed by atoms with van der Waals surface area (Å²) < 4.78 is 17.4. The standard InChI is InChI=1S/C13H10Cl2O4S/c1-7-5-8(19-11(7)13(16)17)6-20(18)12-9(14)3-2-4-10(12)15/h2-5H,6H2,1H3,(H,16,17). The van der Waals surface area contributed by atoms with Crippen LogP contribution in [0.1, 0.15) is 21.9 Å². The predicted molar refractivity (Wildman–Crippen MR) is 77.0 cm³/mol. The topological polar surface area (TPSA) is 67.5 Å². The van der Waals surface area contributed by atoms with Gasteiger partial charge in [-0.15, -0.1) is 0 Å². The molecule has 0 radical (unpaired) electrons. The fraction of sp³-hybridized carbons (Fsp3) is 0.154. The van der Waals surface area contributed by atoms with Crippen LogP contribution in [0.4, 0.5) is 0 Å². The molecule has 1 aromatic carbocycles. The van der Waals surface area contributed by atoms with E-state index in [1.54, 1.807) is 31.2 Å². The third kappa shape index (κ3) is 3.06. The molecule has 2 aromatic rings. The molecule has 0 saturated heterocycles. The highest BCUT2D eigenvalue weighted by Gasteiger charge is 2.19. The summed E-state index contributed by atoms with van der Waals surface area (Å²) >= 11 is 12.0. The van der Waals surface area contributed by atoms with Crippen LogP contribution in [0.3, 0.4) is 0 Å². The van der Waals surface area contributed by atoms with E-state index in [-0.39, 0.29) is 11.5 Å². The van der Waals surface area contributed by atoms with Gasteiger partial charge in [-0.2, -0.15) is 0 Å². The molecular formula is C13H10Cl2O4S. The number of carboxylic acid groups (broad SMARTS) is 1. The molecule has 1 unspecified atom stereocenters. The molecule has 0 saturated carbocycles. The van der Waals surface area contributed by atoms with Crippen LogP contribution in [0.25, 0.3) is 0 Å². The number of hydrogen-bond acceptors (Lipinski definition) is 3. The van der Waals surface area contributed by atoms with Crippen molar-refractivity contribution in [1.82, 2.24) is 0 Å². The van der Waals surface area contributed by atoms with Crippen LogP contribution in [0.5, 0.6) is 0 Å². The van der Waals surface area contributed by atoms with Gasteiger partial charge in [0.1, 0.15) is 5.76 Å². The van der Waals surface area contributed by atoms with Gasteiger partial charge in [0.15, 0.2) is 0 Å². The Balaban J connectivity index is 2.28. The molecule has 0 bridgehead atoms. The van der Waals surface area contributed by atoms with E-state index in [1.165, 1.54) is 0 Å². The van der Waals surface area contributed by atoms with Crippen LogP contribution in [-0.4, -0.2) is 15.3 Å². The summed E-state index contributed by atoms with van der Waals surface area (Å²) in [4.78, 5) is 11.2. The van der Waals surface area contributed by atoms with Gasteiger partial charge in [0.25, 0.3) is 0 Å². The zero-order valence-electron chi connectivity index (χ0n) is 10.4. The molecule has 0 amide bonds. The van der Waals surface area contributed by atoms with Crippen LogP contribution >= 0.6 is 23.2 Å². The van der Waals surface area contributed by atoms with E-state index >= 15 is 0 Å². The Bertz CT molecular complexity index is 673. The van der Waals surface area contributed by atoms with Crippen molar-refractivity contribution in [3.8, 4) is 0 Å². The van der Waals surface area contributed by atoms with E-state index in [0.717, 1.165) is 0 Å². The van der Waals surface area contributed by atoms with E-state index in [9.17, 15) is 9.00 Å². The van der Waals surface area contributed by atoms with Crippen molar-refractivity contribution < 1.29 is 18.5 Å². The zero-order chi connectivity index (χ0) is 14.9. The van der Waals surface area contributed by atoms with Crippen molar-refractivity contribution in [3.63, 3.8) is 0 Å². The van der Waals surface area contributed by atoms with Gasteiger partial charge in [0.05, 0.1) is 31.5 Å². The highest BCUT2D eigenvalue weighted by atomic mass is 35.5. The second-order valence-electron chi connectivity index (χ2n) is 4.07. The lowest BCUT2D eigenvalue weighted by Gasteiger charge is -2.05. The minimum Gasteiger partial charge on any atom is -0.475 e. The molecule has 1 aromatic heterocycles. The fourth-order valence-electron chi connectivity index (χ4n) is 1.73. The van der Waals surface area contributed by atoms with Crippen LogP contribution in [0, 0.1) is 6.92 Å². The Morgan fingerprint density at radius 3 is 2.45 bits per heavy atom. The number of aryl methyl sites for hydroxylation is 1. The molecular weight excluding hydrogens is 323 g/mol. The first-order valence-electron chi connectivity index (χ1n) is 5.55. The third-order valence-electron chi connectivity index (χ3n) is 2.58. The normalized spacial score (nSPS) is 12.3. The van der Waals surface area contributed by atoms with Gasteiger partial charge in [-0.1, -0.05) is 29.3 Å². The van der Waals surface area contributed by atoms with Crippen LogP contribution < -0.4 is 0 Å². The lowest BCUT2D eigenvalue weighted by Crippen LogP contribution is -1.98. The number of hydrogen-bond donors (Lipinski definition) is 1. The van der Waals surface area contributed by atoms with E-state index < -0.39 is 16.8 Å². The Morgan fingerprint density at radius 1 is 1.35 bits per heavy atom. The summed E-state index contributed by atoms with van der Waals surface area (Å²) in [7, 11) is -1.52. The molecule has 106 valence electrons. The molecule has 0 aliphatic carbocycles. The van der Waals surface area contributed by atoms with Crippen LogP contribution in [0.2, 0.25) is 10.0 Å². The van der Waals surface area contributed by atoms with Gasteiger partial charge in [-0.05, 0) is 25.1 Å². The molecule has 0 aliphatic heterocycles. The lowest BCUT2D eigenvalue weighted by molar-refractivity contribution is 0.0659. The number of furan rings is 1. The van der Waals surface area contributed by atoms with Gasteiger partial charge >= 0.3 is 5.97 Å². The number of aromatic carboxylic acids is 1. The Hall–Kier alpha value is -1.30. The smallest absolute Gasteiger partial charge is 0.372 e. The summed E-state index contributed by atoms with van der Waals surface area (Å²) in [5.74, 6) is -0.982. The Labute approximate surface area is 127 Å². The van der Waals surface area contributed by atoms with Crippen molar-refractivity contribution in [3.05, 3.63) is 51.4 Å². The third-order valence-corrected chi connectivity index (χ3v) is 4.88. The monoisotopic (exact) mass is 332 g/mol. The fourth-order valence-corrected chi connectivity index (χ4v) is 3.76. The van der Waals surface area contributed by atoms with Crippen molar-refractivity contribution >= 4 is 40.0 Å². The van der Waals surface area contributed by atoms with Crippen molar-refractivity contribution in [2.45, 2.75) is 17.6 Å². The number of carbonyl (C=O) groups is 1. The molecule has 1 N–H and O–H groups in total. The number of benzene rings is 1. The lowest BCUT2D eigenvalue weighted by atomic mass is 10.3. The average molecular weight is 333 g/mol. The van der Waals surface area contributed by atoms with Gasteiger partial charge in [-0.3, -0.25) is 4.21 Å². The summed E-state index contributed by atoms with van der Waals surface area (Å²) in [6.07, 6.45) is 0. The molecule has 1 atom stereocenters. The molecule has 4 nitrogen and oxygen atoms in total. The molecule has 2 rings (SSSR count). The first kappa shape index (κ1) is 15.1. The maximum atomic E-state index is 12.3. The highest BCUT2D eigenvalue weighted by molar-refractivity contribution is 7.84. The van der Waals surface area contributed by atoms with E-state index in [2.05, 4.69) is 0 Å². The zero-order valence-corrected chi connectivity index (χ0v) is 12.7. The second kappa shape index (κ2) is 5.99. The van der Waals surface area contributed by atoms with Crippen LogP contribution in [-0.2, 0) is 16.6 Å². The van der Waals surface area contributed by atoms with Gasteiger partial charge in [0, 0.05) is 5.56 Å². The van der Waals surface area contributed by atoms with E-state index in [1.807, 2.05) is 0 Å². The Kier molecular flexibility index (Phi) is 4.52.